The SMILES string of the molecule is CC(C)=CC(=O)[C@@H]1[C@@H](c2ccc(Br)cc2)CN(C)[C@@]12C(=O)Nc1ccc(C)cc12. The lowest BCUT2D eigenvalue weighted by molar-refractivity contribution is -0.133. The van der Waals surface area contributed by atoms with Gasteiger partial charge in [-0.05, 0) is 57.7 Å². The van der Waals surface area contributed by atoms with Gasteiger partial charge in [-0.25, -0.2) is 0 Å². The molecule has 2 heterocycles. The van der Waals surface area contributed by atoms with Crippen LogP contribution in [0.1, 0.15) is 36.5 Å². The average Bonchev–Trinajstić information content (AvgIpc) is 3.11. The fourth-order valence-corrected chi connectivity index (χ4v) is 5.23. The molecule has 0 bridgehead atoms. The highest BCUT2D eigenvalue weighted by molar-refractivity contribution is 9.10. The van der Waals surface area contributed by atoms with Crippen molar-refractivity contribution in [2.24, 2.45) is 5.92 Å². The van der Waals surface area contributed by atoms with Gasteiger partial charge in [-0.3, -0.25) is 14.5 Å². The Morgan fingerprint density at radius 3 is 2.55 bits per heavy atom. The Morgan fingerprint density at radius 1 is 1.21 bits per heavy atom. The molecule has 0 saturated carbocycles. The summed E-state index contributed by atoms with van der Waals surface area (Å²) in [6, 6.07) is 14.1. The molecule has 1 spiro atoms. The largest absolute Gasteiger partial charge is 0.324 e. The predicted octanol–water partition coefficient (Wildman–Crippen LogP) is 4.79. The number of fused-ring (bicyclic) bond motifs is 2. The van der Waals surface area contributed by atoms with Crippen LogP contribution in [-0.2, 0) is 15.1 Å². The zero-order valence-corrected chi connectivity index (χ0v) is 18.7. The minimum absolute atomic E-state index is 0.00627. The number of carbonyl (C=O) groups excluding carboxylic acids is 2. The topological polar surface area (TPSA) is 49.4 Å². The summed E-state index contributed by atoms with van der Waals surface area (Å²) in [6.07, 6.45) is 1.69. The minimum Gasteiger partial charge on any atom is -0.324 e. The molecule has 3 atom stereocenters. The average molecular weight is 453 g/mol. The predicted molar refractivity (Wildman–Crippen MR) is 119 cm³/mol. The van der Waals surface area contributed by atoms with Crippen molar-refractivity contribution in [3.63, 3.8) is 0 Å². The van der Waals surface area contributed by atoms with Crippen molar-refractivity contribution in [3.8, 4) is 0 Å². The number of nitrogens with zero attached hydrogens (tertiary/aromatic N) is 1. The first-order valence-electron chi connectivity index (χ1n) is 9.83. The van der Waals surface area contributed by atoms with Gasteiger partial charge in [-0.1, -0.05) is 51.3 Å². The Hall–Kier alpha value is -2.24. The van der Waals surface area contributed by atoms with E-state index in [1.54, 1.807) is 6.08 Å². The number of hydrogen-bond donors (Lipinski definition) is 1. The van der Waals surface area contributed by atoms with Gasteiger partial charge in [0.05, 0.1) is 5.92 Å². The number of rotatable bonds is 3. The van der Waals surface area contributed by atoms with Gasteiger partial charge in [0, 0.05) is 28.2 Å². The Balaban J connectivity index is 1.94. The molecule has 2 aromatic carbocycles. The van der Waals surface area contributed by atoms with E-state index < -0.39 is 11.5 Å². The summed E-state index contributed by atoms with van der Waals surface area (Å²) >= 11 is 3.49. The number of aryl methyl sites for hydroxylation is 1. The third-order valence-corrected chi connectivity index (χ3v) is 6.67. The zero-order valence-electron chi connectivity index (χ0n) is 17.1. The second-order valence-corrected chi connectivity index (χ2v) is 9.33. The van der Waals surface area contributed by atoms with Gasteiger partial charge >= 0.3 is 0 Å². The number of hydrogen-bond acceptors (Lipinski definition) is 3. The summed E-state index contributed by atoms with van der Waals surface area (Å²) in [5.41, 5.74) is 3.81. The molecule has 4 rings (SSSR count). The Kier molecular flexibility index (Phi) is 4.99. The molecule has 150 valence electrons. The second-order valence-electron chi connectivity index (χ2n) is 8.41. The summed E-state index contributed by atoms with van der Waals surface area (Å²) in [6.45, 7) is 6.50. The zero-order chi connectivity index (χ0) is 20.9. The van der Waals surface area contributed by atoms with Crippen LogP contribution in [-0.4, -0.2) is 30.2 Å². The van der Waals surface area contributed by atoms with E-state index in [2.05, 4.69) is 44.3 Å². The molecular weight excluding hydrogens is 428 g/mol. The highest BCUT2D eigenvalue weighted by atomic mass is 79.9. The van der Waals surface area contributed by atoms with Crippen LogP contribution in [0.25, 0.3) is 0 Å². The highest BCUT2D eigenvalue weighted by Crippen LogP contribution is 2.55. The summed E-state index contributed by atoms with van der Waals surface area (Å²) in [4.78, 5) is 29.1. The number of amides is 1. The van der Waals surface area contributed by atoms with E-state index in [4.69, 9.17) is 0 Å². The van der Waals surface area contributed by atoms with Crippen molar-refractivity contribution in [2.75, 3.05) is 18.9 Å². The molecule has 0 aliphatic carbocycles. The maximum absolute atomic E-state index is 13.6. The number of ketones is 1. The monoisotopic (exact) mass is 452 g/mol. The van der Waals surface area contributed by atoms with Crippen LogP contribution in [0, 0.1) is 12.8 Å². The van der Waals surface area contributed by atoms with Crippen LogP contribution in [0.3, 0.4) is 0 Å². The molecule has 1 amide bonds. The fourth-order valence-electron chi connectivity index (χ4n) is 4.97. The van der Waals surface area contributed by atoms with Crippen LogP contribution in [0.2, 0.25) is 0 Å². The molecule has 4 nitrogen and oxygen atoms in total. The number of halogens is 1. The lowest BCUT2D eigenvalue weighted by atomic mass is 9.71. The normalized spacial score (nSPS) is 25.8. The number of likely N-dealkylation sites (tertiary alicyclic amines) is 1. The molecule has 1 fully saturated rings. The molecule has 5 heteroatoms. The fraction of sp³-hybridized carbons (Fsp3) is 0.333. The lowest BCUT2D eigenvalue weighted by Crippen LogP contribution is -2.51. The molecule has 29 heavy (non-hydrogen) atoms. The molecular formula is C24H25BrN2O2. The standard InChI is InChI=1S/C24H25BrN2O2/c1-14(2)11-21(28)22-18(16-6-8-17(25)9-7-16)13-27(4)24(22)19-12-15(3)5-10-20(19)26-23(24)29/h5-12,18,22H,13H2,1-4H3,(H,26,29)/t18-,22+,24-/m1/s1. The first kappa shape index (κ1) is 20.0. The molecule has 0 radical (unpaired) electrons. The van der Waals surface area contributed by atoms with E-state index in [1.807, 2.05) is 52.1 Å². The summed E-state index contributed by atoms with van der Waals surface area (Å²) in [7, 11) is 1.96. The Bertz CT molecular complexity index is 1020. The lowest BCUT2D eigenvalue weighted by Gasteiger charge is -2.35. The van der Waals surface area contributed by atoms with Crippen molar-refractivity contribution in [1.29, 1.82) is 0 Å². The molecule has 0 aromatic heterocycles. The molecule has 2 aliphatic heterocycles. The van der Waals surface area contributed by atoms with Gasteiger partial charge in [-0.15, -0.1) is 0 Å². The van der Waals surface area contributed by atoms with Gasteiger partial charge in [0.1, 0.15) is 5.54 Å². The van der Waals surface area contributed by atoms with Crippen molar-refractivity contribution >= 4 is 33.3 Å². The summed E-state index contributed by atoms with van der Waals surface area (Å²) in [5.74, 6) is -0.674. The smallest absolute Gasteiger partial charge is 0.250 e. The van der Waals surface area contributed by atoms with Gasteiger partial charge in [0.15, 0.2) is 5.78 Å². The molecule has 2 aromatic rings. The van der Waals surface area contributed by atoms with Crippen molar-refractivity contribution < 1.29 is 9.59 Å². The van der Waals surface area contributed by atoms with Gasteiger partial charge in [0.2, 0.25) is 5.91 Å². The van der Waals surface area contributed by atoms with E-state index in [-0.39, 0.29) is 17.6 Å². The number of carbonyl (C=O) groups is 2. The third-order valence-electron chi connectivity index (χ3n) is 6.14. The summed E-state index contributed by atoms with van der Waals surface area (Å²) < 4.78 is 0.995. The second kappa shape index (κ2) is 7.22. The van der Waals surface area contributed by atoms with Gasteiger partial charge < -0.3 is 5.32 Å². The van der Waals surface area contributed by atoms with Crippen LogP contribution in [0.4, 0.5) is 5.69 Å². The maximum Gasteiger partial charge on any atom is 0.250 e. The van der Waals surface area contributed by atoms with E-state index in [0.29, 0.717) is 6.54 Å². The van der Waals surface area contributed by atoms with Gasteiger partial charge in [0.25, 0.3) is 0 Å². The number of anilines is 1. The summed E-state index contributed by atoms with van der Waals surface area (Å²) in [5, 5.41) is 3.05. The highest BCUT2D eigenvalue weighted by Gasteiger charge is 2.63. The Labute approximate surface area is 180 Å². The molecule has 1 N–H and O–H groups in total. The number of nitrogens with one attached hydrogen (secondary N) is 1. The van der Waals surface area contributed by atoms with Crippen LogP contribution in [0.5, 0.6) is 0 Å². The Morgan fingerprint density at radius 2 is 1.90 bits per heavy atom. The van der Waals surface area contributed by atoms with Crippen LogP contribution < -0.4 is 5.32 Å². The molecule has 0 unspecified atom stereocenters. The van der Waals surface area contributed by atoms with E-state index in [0.717, 1.165) is 32.4 Å². The first-order valence-corrected chi connectivity index (χ1v) is 10.6. The molecule has 1 saturated heterocycles. The van der Waals surface area contributed by atoms with Crippen molar-refractivity contribution in [1.82, 2.24) is 4.90 Å². The van der Waals surface area contributed by atoms with E-state index in [1.165, 1.54) is 0 Å². The van der Waals surface area contributed by atoms with E-state index >= 15 is 0 Å². The van der Waals surface area contributed by atoms with Crippen molar-refractivity contribution in [2.45, 2.75) is 32.2 Å². The van der Waals surface area contributed by atoms with Crippen LogP contribution >= 0.6 is 15.9 Å². The first-order chi connectivity index (χ1) is 13.7. The maximum atomic E-state index is 13.6. The van der Waals surface area contributed by atoms with Gasteiger partial charge in [-0.2, -0.15) is 0 Å². The molecule has 2 aliphatic rings. The van der Waals surface area contributed by atoms with E-state index in [9.17, 15) is 9.59 Å². The minimum atomic E-state index is -0.998. The van der Waals surface area contributed by atoms with Crippen molar-refractivity contribution in [3.05, 3.63) is 75.3 Å². The quantitative estimate of drug-likeness (QED) is 0.681. The number of benzene rings is 2. The number of likely N-dealkylation sites (N-methyl/N-ethyl adjacent to an activating group) is 1. The third kappa shape index (κ3) is 3.08. The van der Waals surface area contributed by atoms with Crippen LogP contribution in [0.15, 0.2) is 58.6 Å². The number of allylic oxidation sites excluding steroid dienone is 2.